The molecule has 3 aromatic rings. The molecule has 0 aliphatic rings. The fourth-order valence-corrected chi connectivity index (χ4v) is 5.31. The van der Waals surface area contributed by atoms with E-state index >= 15 is 0 Å². The van der Waals surface area contributed by atoms with Gasteiger partial charge in [0.25, 0.3) is 10.0 Å². The van der Waals surface area contributed by atoms with Crippen molar-refractivity contribution in [3.8, 4) is 0 Å². The van der Waals surface area contributed by atoms with E-state index in [1.165, 1.54) is 4.90 Å². The highest BCUT2D eigenvalue weighted by atomic mass is 32.2. The van der Waals surface area contributed by atoms with E-state index in [1.54, 1.807) is 49.4 Å². The molecule has 37 heavy (non-hydrogen) atoms. The smallest absolute Gasteiger partial charge is 0.264 e. The fraction of sp³-hybridized carbons (Fsp3) is 0.310. The third-order valence-corrected chi connectivity index (χ3v) is 7.88. The van der Waals surface area contributed by atoms with E-state index in [0.717, 1.165) is 27.4 Å². The van der Waals surface area contributed by atoms with Crippen LogP contribution in [0.15, 0.2) is 83.8 Å². The standard InChI is InChI=1S/C29H35N3O4S/c1-5-18-30-29(34)24(4)31(20-25-11-7-6-8-12-25)28(33)21-32(26-13-9-10-23(3)19-26)37(35,36)27-16-14-22(2)15-17-27/h6-17,19,24H,5,18,20-21H2,1-4H3,(H,30,34). The largest absolute Gasteiger partial charge is 0.354 e. The highest BCUT2D eigenvalue weighted by molar-refractivity contribution is 7.92. The Labute approximate surface area is 220 Å². The summed E-state index contributed by atoms with van der Waals surface area (Å²) in [7, 11) is -4.06. The fourth-order valence-electron chi connectivity index (χ4n) is 3.91. The van der Waals surface area contributed by atoms with Gasteiger partial charge in [0, 0.05) is 13.1 Å². The van der Waals surface area contributed by atoms with E-state index < -0.39 is 28.5 Å². The van der Waals surface area contributed by atoms with E-state index in [1.807, 2.05) is 57.2 Å². The van der Waals surface area contributed by atoms with Gasteiger partial charge in [0.2, 0.25) is 11.8 Å². The molecule has 0 radical (unpaired) electrons. The van der Waals surface area contributed by atoms with Gasteiger partial charge in [-0.15, -0.1) is 0 Å². The van der Waals surface area contributed by atoms with Crippen molar-refractivity contribution < 1.29 is 18.0 Å². The number of rotatable bonds is 11. The minimum atomic E-state index is -4.06. The van der Waals surface area contributed by atoms with Crippen LogP contribution in [0.3, 0.4) is 0 Å². The van der Waals surface area contributed by atoms with Gasteiger partial charge in [0.1, 0.15) is 12.6 Å². The molecule has 0 aromatic heterocycles. The molecule has 7 nitrogen and oxygen atoms in total. The van der Waals surface area contributed by atoms with Crippen LogP contribution in [0.4, 0.5) is 5.69 Å². The molecular formula is C29H35N3O4S. The summed E-state index contributed by atoms with van der Waals surface area (Å²) in [5.41, 5.74) is 3.02. The van der Waals surface area contributed by atoms with Crippen LogP contribution < -0.4 is 9.62 Å². The van der Waals surface area contributed by atoms with Crippen LogP contribution in [-0.2, 0) is 26.2 Å². The summed E-state index contributed by atoms with van der Waals surface area (Å²) in [5, 5.41) is 2.84. The molecule has 0 spiro atoms. The van der Waals surface area contributed by atoms with Crippen molar-refractivity contribution in [1.82, 2.24) is 10.2 Å². The van der Waals surface area contributed by atoms with Crippen LogP contribution in [0.25, 0.3) is 0 Å². The van der Waals surface area contributed by atoms with E-state index in [9.17, 15) is 18.0 Å². The Morgan fingerprint density at radius 3 is 2.19 bits per heavy atom. The maximum Gasteiger partial charge on any atom is 0.264 e. The molecule has 0 heterocycles. The lowest BCUT2D eigenvalue weighted by atomic mass is 10.1. The predicted molar refractivity (Wildman–Crippen MR) is 147 cm³/mol. The molecule has 3 aromatic carbocycles. The molecule has 2 amide bonds. The zero-order chi connectivity index (χ0) is 27.0. The zero-order valence-electron chi connectivity index (χ0n) is 21.8. The number of sulfonamides is 1. The number of benzene rings is 3. The molecule has 0 fully saturated rings. The number of carbonyl (C=O) groups is 2. The highest BCUT2D eigenvalue weighted by Gasteiger charge is 2.32. The van der Waals surface area contributed by atoms with Gasteiger partial charge < -0.3 is 10.2 Å². The van der Waals surface area contributed by atoms with Crippen LogP contribution in [0, 0.1) is 13.8 Å². The summed E-state index contributed by atoms with van der Waals surface area (Å²) in [5.74, 6) is -0.755. The first kappa shape index (κ1) is 27.9. The highest BCUT2D eigenvalue weighted by Crippen LogP contribution is 2.25. The minimum absolute atomic E-state index is 0.0933. The molecule has 0 aliphatic heterocycles. The van der Waals surface area contributed by atoms with Gasteiger partial charge in [-0.25, -0.2) is 8.42 Å². The average molecular weight is 522 g/mol. The SMILES string of the molecule is CCCNC(=O)C(C)N(Cc1ccccc1)C(=O)CN(c1cccc(C)c1)S(=O)(=O)c1ccc(C)cc1. The maximum atomic E-state index is 13.8. The van der Waals surface area contributed by atoms with E-state index in [0.29, 0.717) is 12.2 Å². The van der Waals surface area contributed by atoms with Gasteiger partial charge in [-0.1, -0.05) is 67.1 Å². The van der Waals surface area contributed by atoms with E-state index in [4.69, 9.17) is 0 Å². The van der Waals surface area contributed by atoms with Crippen molar-refractivity contribution in [2.45, 2.75) is 51.6 Å². The summed E-state index contributed by atoms with van der Waals surface area (Å²) in [6.45, 7) is 7.58. The van der Waals surface area contributed by atoms with Crippen LogP contribution in [0.5, 0.6) is 0 Å². The van der Waals surface area contributed by atoms with Gasteiger partial charge in [-0.2, -0.15) is 0 Å². The second-order valence-electron chi connectivity index (χ2n) is 9.14. The summed E-state index contributed by atoms with van der Waals surface area (Å²) in [6.07, 6.45) is 0.765. The first-order valence-electron chi connectivity index (χ1n) is 12.4. The van der Waals surface area contributed by atoms with Gasteiger partial charge in [-0.3, -0.25) is 13.9 Å². The van der Waals surface area contributed by atoms with Gasteiger partial charge in [0.05, 0.1) is 10.6 Å². The van der Waals surface area contributed by atoms with Crippen LogP contribution in [0.1, 0.15) is 37.0 Å². The Hall–Kier alpha value is -3.65. The molecular weight excluding hydrogens is 486 g/mol. The average Bonchev–Trinajstić information content (AvgIpc) is 2.89. The Bertz CT molecular complexity index is 1310. The number of anilines is 1. The molecule has 3 rings (SSSR count). The zero-order valence-corrected chi connectivity index (χ0v) is 22.7. The topological polar surface area (TPSA) is 86.8 Å². The summed E-state index contributed by atoms with van der Waals surface area (Å²) >= 11 is 0. The van der Waals surface area contributed by atoms with Crippen molar-refractivity contribution >= 4 is 27.5 Å². The number of amides is 2. The number of hydrogen-bond donors (Lipinski definition) is 1. The molecule has 0 aliphatic carbocycles. The molecule has 1 unspecified atom stereocenters. The van der Waals surface area contributed by atoms with Gasteiger partial charge in [-0.05, 0) is 62.6 Å². The second-order valence-corrected chi connectivity index (χ2v) is 11.0. The number of carbonyl (C=O) groups excluding carboxylic acids is 2. The molecule has 1 N–H and O–H groups in total. The van der Waals surface area contributed by atoms with Crippen molar-refractivity contribution in [2.24, 2.45) is 0 Å². The number of nitrogens with zero attached hydrogens (tertiary/aromatic N) is 2. The monoisotopic (exact) mass is 521 g/mol. The lowest BCUT2D eigenvalue weighted by Gasteiger charge is -2.32. The van der Waals surface area contributed by atoms with Crippen molar-refractivity contribution in [2.75, 3.05) is 17.4 Å². The summed E-state index contributed by atoms with van der Waals surface area (Å²) < 4.78 is 28.7. The van der Waals surface area contributed by atoms with Crippen molar-refractivity contribution in [3.05, 3.63) is 95.6 Å². The van der Waals surface area contributed by atoms with Crippen molar-refractivity contribution in [1.29, 1.82) is 0 Å². The predicted octanol–water partition coefficient (Wildman–Crippen LogP) is 4.44. The first-order chi connectivity index (χ1) is 17.6. The van der Waals surface area contributed by atoms with Crippen LogP contribution in [0.2, 0.25) is 0 Å². The minimum Gasteiger partial charge on any atom is -0.354 e. The number of nitrogens with one attached hydrogen (secondary N) is 1. The second kappa shape index (κ2) is 12.5. The third kappa shape index (κ3) is 7.20. The summed E-state index contributed by atoms with van der Waals surface area (Å²) in [4.78, 5) is 28.2. The lowest BCUT2D eigenvalue weighted by molar-refractivity contribution is -0.139. The maximum absolute atomic E-state index is 13.8. The summed E-state index contributed by atoms with van der Waals surface area (Å²) in [6, 6.07) is 22.1. The Kier molecular flexibility index (Phi) is 9.47. The van der Waals surface area contributed by atoms with Crippen LogP contribution >= 0.6 is 0 Å². The van der Waals surface area contributed by atoms with E-state index in [-0.39, 0.29) is 17.3 Å². The molecule has 0 bridgehead atoms. The molecule has 8 heteroatoms. The Balaban J connectivity index is 2.00. The lowest BCUT2D eigenvalue weighted by Crippen LogP contribution is -2.51. The third-order valence-electron chi connectivity index (χ3n) is 6.09. The van der Waals surface area contributed by atoms with Crippen LogP contribution in [-0.4, -0.2) is 44.3 Å². The van der Waals surface area contributed by atoms with Crippen molar-refractivity contribution in [3.63, 3.8) is 0 Å². The molecule has 0 saturated carbocycles. The number of aryl methyl sites for hydroxylation is 2. The molecule has 0 saturated heterocycles. The quantitative estimate of drug-likeness (QED) is 0.404. The normalized spacial score (nSPS) is 12.0. The first-order valence-corrected chi connectivity index (χ1v) is 13.8. The number of hydrogen-bond acceptors (Lipinski definition) is 4. The van der Waals surface area contributed by atoms with Gasteiger partial charge in [0.15, 0.2) is 0 Å². The Morgan fingerprint density at radius 2 is 1.57 bits per heavy atom. The van der Waals surface area contributed by atoms with Gasteiger partial charge >= 0.3 is 0 Å². The molecule has 196 valence electrons. The van der Waals surface area contributed by atoms with E-state index in [2.05, 4.69) is 5.32 Å². The Morgan fingerprint density at radius 1 is 0.892 bits per heavy atom. The molecule has 1 atom stereocenters.